The van der Waals surface area contributed by atoms with Crippen molar-refractivity contribution in [3.05, 3.63) is 28.2 Å². The van der Waals surface area contributed by atoms with Crippen LogP contribution in [-0.4, -0.2) is 23.1 Å². The van der Waals surface area contributed by atoms with Crippen LogP contribution in [0.4, 0.5) is 0 Å². The van der Waals surface area contributed by atoms with Gasteiger partial charge in [-0.1, -0.05) is 23.2 Å². The van der Waals surface area contributed by atoms with Crippen LogP contribution < -0.4 is 20.0 Å². The van der Waals surface area contributed by atoms with Crippen LogP contribution in [0.3, 0.4) is 0 Å². The SMILES string of the molecule is [Mg+2].[O-][P+]([O-])([O-])c1ccc(Cl)cc1Cl. The Morgan fingerprint density at radius 1 is 1.08 bits per heavy atom. The molecule has 0 aromatic heterocycles. The second kappa shape index (κ2) is 5.10. The van der Waals surface area contributed by atoms with Gasteiger partial charge in [-0.15, -0.1) is 7.94 Å². The maximum atomic E-state index is 10.5. The largest absolute Gasteiger partial charge is 2.00 e. The van der Waals surface area contributed by atoms with Gasteiger partial charge in [-0.05, 0) is 18.2 Å². The minimum absolute atomic E-state index is 0. The molecule has 0 bridgehead atoms. The third-order valence-electron chi connectivity index (χ3n) is 1.20. The average Bonchev–Trinajstić information content (AvgIpc) is 1.83. The molecule has 13 heavy (non-hydrogen) atoms. The van der Waals surface area contributed by atoms with Gasteiger partial charge in [0, 0.05) is 5.02 Å². The molecule has 66 valence electrons. The van der Waals surface area contributed by atoms with Crippen molar-refractivity contribution in [2.45, 2.75) is 0 Å². The van der Waals surface area contributed by atoms with E-state index in [9.17, 15) is 14.7 Å². The summed E-state index contributed by atoms with van der Waals surface area (Å²) in [7, 11) is -4.77. The summed E-state index contributed by atoms with van der Waals surface area (Å²) in [5.74, 6) is 0. The molecule has 0 radical (unpaired) electrons. The number of benzene rings is 1. The normalized spacial score (nSPS) is 10.8. The molecule has 0 fully saturated rings. The van der Waals surface area contributed by atoms with E-state index in [1.165, 1.54) is 12.1 Å². The molecule has 0 saturated heterocycles. The Bertz CT molecular complexity index is 302. The molecular weight excluding hydrogens is 246 g/mol. The van der Waals surface area contributed by atoms with E-state index in [1.807, 2.05) is 0 Å². The standard InChI is InChI=1S/C6H5Cl2O3P.Mg/c7-4-1-2-6(5(8)3-4)12(9,10)11;/h1-3H,(H2,9,10,11);/q;+2/p-2. The van der Waals surface area contributed by atoms with Crippen molar-refractivity contribution in [2.24, 2.45) is 0 Å². The molecule has 1 aromatic rings. The van der Waals surface area contributed by atoms with Crippen molar-refractivity contribution in [1.82, 2.24) is 0 Å². The maximum Gasteiger partial charge on any atom is 2.00 e. The van der Waals surface area contributed by atoms with Crippen LogP contribution in [0, 0.1) is 0 Å². The first-order valence-corrected chi connectivity index (χ1v) is 5.19. The summed E-state index contributed by atoms with van der Waals surface area (Å²) in [6.07, 6.45) is 0. The molecule has 0 aliphatic heterocycles. The van der Waals surface area contributed by atoms with Gasteiger partial charge in [-0.2, -0.15) is 0 Å². The third kappa shape index (κ3) is 3.86. The van der Waals surface area contributed by atoms with Gasteiger partial charge in [-0.3, -0.25) is 0 Å². The summed E-state index contributed by atoms with van der Waals surface area (Å²) < 4.78 is 0. The molecule has 0 saturated carbocycles. The van der Waals surface area contributed by atoms with Crippen molar-refractivity contribution in [3.8, 4) is 0 Å². The topological polar surface area (TPSA) is 69.2 Å². The number of halogens is 2. The van der Waals surface area contributed by atoms with Gasteiger partial charge in [-0.25, -0.2) is 0 Å². The van der Waals surface area contributed by atoms with Crippen LogP contribution in [0.5, 0.6) is 0 Å². The number of rotatable bonds is 1. The summed E-state index contributed by atoms with van der Waals surface area (Å²) in [5.41, 5.74) is 0. The van der Waals surface area contributed by atoms with Gasteiger partial charge in [0.25, 0.3) is 0 Å². The van der Waals surface area contributed by atoms with Crippen molar-refractivity contribution in [3.63, 3.8) is 0 Å². The van der Waals surface area contributed by atoms with Crippen LogP contribution in [0.1, 0.15) is 0 Å². The number of hydrogen-bond donors (Lipinski definition) is 0. The summed E-state index contributed by atoms with van der Waals surface area (Å²) in [4.78, 5) is 31.5. The summed E-state index contributed by atoms with van der Waals surface area (Å²) in [5, 5.41) is -0.276. The van der Waals surface area contributed by atoms with Gasteiger partial charge in [0.05, 0.1) is 10.3 Å². The van der Waals surface area contributed by atoms with E-state index in [4.69, 9.17) is 23.2 Å². The molecule has 1 rings (SSSR count). The maximum absolute atomic E-state index is 10.5. The first-order valence-electron chi connectivity index (χ1n) is 2.89. The third-order valence-corrected chi connectivity index (χ3v) is 2.86. The monoisotopic (exact) mass is 248 g/mol. The Morgan fingerprint density at radius 3 is 2.00 bits per heavy atom. The van der Waals surface area contributed by atoms with Crippen LogP contribution in [-0.2, 0) is 0 Å². The Morgan fingerprint density at radius 2 is 1.62 bits per heavy atom. The van der Waals surface area contributed by atoms with Crippen LogP contribution >= 0.6 is 31.1 Å². The second-order valence-electron chi connectivity index (χ2n) is 2.09. The van der Waals surface area contributed by atoms with E-state index in [0.29, 0.717) is 0 Å². The van der Waals surface area contributed by atoms with E-state index in [-0.39, 0.29) is 33.1 Å². The molecule has 0 N–H and O–H groups in total. The predicted molar refractivity (Wildman–Crippen MR) is 48.8 cm³/mol. The molecule has 3 nitrogen and oxygen atoms in total. The van der Waals surface area contributed by atoms with Gasteiger partial charge >= 0.3 is 23.1 Å². The minimum Gasteiger partial charge on any atom is -0.683 e. The van der Waals surface area contributed by atoms with Crippen molar-refractivity contribution in [2.75, 3.05) is 0 Å². The molecule has 0 atom stereocenters. The van der Waals surface area contributed by atoms with Gasteiger partial charge in [0.1, 0.15) is 0 Å². The first kappa shape index (κ1) is 13.9. The van der Waals surface area contributed by atoms with E-state index in [0.717, 1.165) is 6.07 Å². The quantitative estimate of drug-likeness (QED) is 0.477. The predicted octanol–water partition coefficient (Wildman–Crippen LogP) is -0.919. The zero-order valence-electron chi connectivity index (χ0n) is 6.37. The van der Waals surface area contributed by atoms with Crippen molar-refractivity contribution >= 4 is 59.5 Å². The first-order chi connectivity index (χ1) is 5.41. The Kier molecular flexibility index (Phi) is 5.44. The smallest absolute Gasteiger partial charge is 0.683 e. The molecule has 0 unspecified atom stereocenters. The van der Waals surface area contributed by atoms with Crippen LogP contribution in [0.2, 0.25) is 10.0 Å². The fraction of sp³-hybridized carbons (Fsp3) is 0. The summed E-state index contributed by atoms with van der Waals surface area (Å²) >= 11 is 10.9. The zero-order chi connectivity index (χ0) is 9.35. The van der Waals surface area contributed by atoms with E-state index in [2.05, 4.69) is 0 Å². The summed E-state index contributed by atoms with van der Waals surface area (Å²) in [6.45, 7) is 0. The van der Waals surface area contributed by atoms with Crippen LogP contribution in [0.15, 0.2) is 18.2 Å². The Hall–Kier alpha value is 0.876. The Labute approximate surface area is 102 Å². The second-order valence-corrected chi connectivity index (χ2v) is 4.41. The van der Waals surface area contributed by atoms with E-state index in [1.54, 1.807) is 0 Å². The molecular formula is C6H3Cl2MgO3P. The minimum atomic E-state index is -4.77. The fourth-order valence-corrected chi connectivity index (χ4v) is 2.01. The summed E-state index contributed by atoms with van der Waals surface area (Å²) in [6, 6.07) is 3.59. The molecule has 0 aliphatic rings. The van der Waals surface area contributed by atoms with Gasteiger partial charge in [0.15, 0.2) is 0 Å². The molecule has 7 heteroatoms. The zero-order valence-corrected chi connectivity index (χ0v) is 10.2. The molecule has 0 spiro atoms. The van der Waals surface area contributed by atoms with Crippen molar-refractivity contribution < 1.29 is 14.7 Å². The molecule has 0 aliphatic carbocycles. The van der Waals surface area contributed by atoms with E-state index < -0.39 is 13.2 Å². The average molecular weight is 249 g/mol. The molecule has 1 aromatic carbocycles. The molecule has 0 amide bonds. The van der Waals surface area contributed by atoms with Gasteiger partial charge in [0.2, 0.25) is 0 Å². The van der Waals surface area contributed by atoms with Crippen LogP contribution in [0.25, 0.3) is 0 Å². The number of hydrogen-bond acceptors (Lipinski definition) is 3. The van der Waals surface area contributed by atoms with Crippen molar-refractivity contribution in [1.29, 1.82) is 0 Å². The fourth-order valence-electron chi connectivity index (χ4n) is 0.703. The molecule has 0 heterocycles. The van der Waals surface area contributed by atoms with E-state index >= 15 is 0 Å². The Balaban J connectivity index is 0.00000144. The van der Waals surface area contributed by atoms with Gasteiger partial charge < -0.3 is 14.7 Å².